The highest BCUT2D eigenvalue weighted by atomic mass is 16.5. The van der Waals surface area contributed by atoms with E-state index in [9.17, 15) is 5.26 Å². The minimum atomic E-state index is 0.533. The van der Waals surface area contributed by atoms with Crippen molar-refractivity contribution in [1.82, 2.24) is 9.97 Å². The first-order valence-electron chi connectivity index (χ1n) is 8.33. The van der Waals surface area contributed by atoms with E-state index in [0.717, 1.165) is 55.4 Å². The van der Waals surface area contributed by atoms with Gasteiger partial charge in [-0.2, -0.15) is 5.26 Å². The smallest absolute Gasteiger partial charge is 0.147 e. The summed E-state index contributed by atoms with van der Waals surface area (Å²) < 4.78 is 5.84. The molecule has 0 aliphatic carbocycles. The van der Waals surface area contributed by atoms with Crippen LogP contribution in [0.15, 0.2) is 30.6 Å². The number of nitrogens with zero attached hydrogens (tertiary/aromatic N) is 4. The largest absolute Gasteiger partial charge is 0.493 e. The summed E-state index contributed by atoms with van der Waals surface area (Å²) in [4.78, 5) is 10.8. The van der Waals surface area contributed by atoms with Gasteiger partial charge in [-0.05, 0) is 56.4 Å². The van der Waals surface area contributed by atoms with Crippen LogP contribution in [0, 0.1) is 31.1 Å². The molecule has 0 atom stereocenters. The normalized spacial score (nSPS) is 15.1. The summed E-state index contributed by atoms with van der Waals surface area (Å²) in [6.07, 6.45) is 5.58. The fraction of sp³-hybridized carbons (Fsp3) is 0.421. The molecule has 0 spiro atoms. The lowest BCUT2D eigenvalue weighted by Crippen LogP contribution is -2.36. The third-order valence-electron chi connectivity index (χ3n) is 4.49. The number of rotatable bonds is 4. The number of pyridine rings is 2. The average molecular weight is 322 g/mol. The lowest BCUT2D eigenvalue weighted by atomic mass is 9.97. The number of aryl methyl sites for hydroxylation is 2. The van der Waals surface area contributed by atoms with Crippen LogP contribution in [0.5, 0.6) is 5.75 Å². The van der Waals surface area contributed by atoms with E-state index < -0.39 is 0 Å². The molecule has 3 rings (SSSR count). The van der Waals surface area contributed by atoms with Crippen molar-refractivity contribution in [3.05, 3.63) is 47.4 Å². The molecule has 5 heteroatoms. The quantitative estimate of drug-likeness (QED) is 0.864. The molecule has 3 heterocycles. The Hall–Kier alpha value is -2.61. The van der Waals surface area contributed by atoms with Crippen molar-refractivity contribution in [1.29, 1.82) is 5.26 Å². The fourth-order valence-electron chi connectivity index (χ4n) is 3.14. The third kappa shape index (κ3) is 3.65. The van der Waals surface area contributed by atoms with Crippen molar-refractivity contribution in [2.24, 2.45) is 5.92 Å². The van der Waals surface area contributed by atoms with Gasteiger partial charge in [-0.25, -0.2) is 4.98 Å². The lowest BCUT2D eigenvalue weighted by Gasteiger charge is -2.33. The highest BCUT2D eigenvalue weighted by molar-refractivity contribution is 5.58. The maximum Gasteiger partial charge on any atom is 0.147 e. The minimum absolute atomic E-state index is 0.533. The van der Waals surface area contributed by atoms with E-state index in [0.29, 0.717) is 11.5 Å². The molecular formula is C19H22N4O. The number of aromatic nitrogens is 2. The van der Waals surface area contributed by atoms with Crippen LogP contribution in [0.4, 0.5) is 5.82 Å². The van der Waals surface area contributed by atoms with Gasteiger partial charge in [0, 0.05) is 31.2 Å². The van der Waals surface area contributed by atoms with Crippen LogP contribution in [-0.2, 0) is 0 Å². The fourth-order valence-corrected chi connectivity index (χ4v) is 3.14. The zero-order valence-corrected chi connectivity index (χ0v) is 14.2. The highest BCUT2D eigenvalue weighted by Gasteiger charge is 2.23. The second-order valence-electron chi connectivity index (χ2n) is 6.32. The molecule has 5 nitrogen and oxygen atoms in total. The summed E-state index contributed by atoms with van der Waals surface area (Å²) in [5, 5.41) is 9.44. The van der Waals surface area contributed by atoms with Gasteiger partial charge in [-0.3, -0.25) is 4.98 Å². The Balaban J connectivity index is 1.60. The first-order valence-corrected chi connectivity index (χ1v) is 8.33. The van der Waals surface area contributed by atoms with E-state index in [1.165, 1.54) is 0 Å². The van der Waals surface area contributed by atoms with Crippen LogP contribution >= 0.6 is 0 Å². The molecule has 0 unspecified atom stereocenters. The van der Waals surface area contributed by atoms with Crippen LogP contribution in [0.25, 0.3) is 0 Å². The molecule has 2 aromatic heterocycles. The van der Waals surface area contributed by atoms with Crippen LogP contribution < -0.4 is 9.64 Å². The van der Waals surface area contributed by atoms with E-state index in [1.54, 1.807) is 12.4 Å². The first kappa shape index (κ1) is 16.3. The van der Waals surface area contributed by atoms with Crippen molar-refractivity contribution in [3.8, 4) is 11.8 Å². The van der Waals surface area contributed by atoms with Gasteiger partial charge in [0.25, 0.3) is 0 Å². The number of anilines is 1. The second kappa shape index (κ2) is 7.31. The van der Waals surface area contributed by atoms with E-state index in [-0.39, 0.29) is 0 Å². The Kier molecular flexibility index (Phi) is 4.95. The Morgan fingerprint density at radius 1 is 1.25 bits per heavy atom. The van der Waals surface area contributed by atoms with Gasteiger partial charge in [0.15, 0.2) is 0 Å². The standard InChI is InChI=1S/C19H22N4O/c1-14-11-15(2)22-19(18(14)12-20)23-9-5-16(6-10-23)13-24-17-3-7-21-8-4-17/h3-4,7-8,11,16H,5-6,9-10,13H2,1-2H3. The maximum atomic E-state index is 9.44. The molecule has 1 aliphatic rings. The molecule has 1 aliphatic heterocycles. The van der Waals surface area contributed by atoms with Crippen LogP contribution in [-0.4, -0.2) is 29.7 Å². The van der Waals surface area contributed by atoms with Crippen molar-refractivity contribution < 1.29 is 4.74 Å². The van der Waals surface area contributed by atoms with Crippen molar-refractivity contribution in [3.63, 3.8) is 0 Å². The topological polar surface area (TPSA) is 62.0 Å². The molecule has 0 radical (unpaired) electrons. The molecule has 1 fully saturated rings. The number of piperidine rings is 1. The molecule has 0 bridgehead atoms. The van der Waals surface area contributed by atoms with Crippen LogP contribution in [0.2, 0.25) is 0 Å². The van der Waals surface area contributed by atoms with Crippen LogP contribution in [0.1, 0.15) is 29.7 Å². The molecule has 1 saturated heterocycles. The van der Waals surface area contributed by atoms with Gasteiger partial charge in [0.05, 0.1) is 12.2 Å². The van der Waals surface area contributed by atoms with E-state index >= 15 is 0 Å². The highest BCUT2D eigenvalue weighted by Crippen LogP contribution is 2.27. The number of hydrogen-bond donors (Lipinski definition) is 0. The van der Waals surface area contributed by atoms with Gasteiger partial charge in [0.2, 0.25) is 0 Å². The molecule has 0 N–H and O–H groups in total. The predicted molar refractivity (Wildman–Crippen MR) is 93.1 cm³/mol. The molecular weight excluding hydrogens is 300 g/mol. The SMILES string of the molecule is Cc1cc(C)c(C#N)c(N2CCC(COc3ccncc3)CC2)n1. The van der Waals surface area contributed by atoms with Crippen molar-refractivity contribution in [2.75, 3.05) is 24.6 Å². The van der Waals surface area contributed by atoms with E-state index in [1.807, 2.05) is 32.0 Å². The summed E-state index contributed by atoms with van der Waals surface area (Å²) in [5.74, 6) is 2.24. The summed E-state index contributed by atoms with van der Waals surface area (Å²) in [6, 6.07) is 8.05. The van der Waals surface area contributed by atoms with Gasteiger partial charge in [-0.15, -0.1) is 0 Å². The van der Waals surface area contributed by atoms with Crippen molar-refractivity contribution in [2.45, 2.75) is 26.7 Å². The zero-order valence-electron chi connectivity index (χ0n) is 14.2. The predicted octanol–water partition coefficient (Wildman–Crippen LogP) is 3.26. The van der Waals surface area contributed by atoms with Gasteiger partial charge >= 0.3 is 0 Å². The number of nitriles is 1. The van der Waals surface area contributed by atoms with Gasteiger partial charge in [0.1, 0.15) is 17.6 Å². The summed E-state index contributed by atoms with van der Waals surface area (Å²) >= 11 is 0. The Morgan fingerprint density at radius 2 is 1.96 bits per heavy atom. The van der Waals surface area contributed by atoms with Gasteiger partial charge < -0.3 is 9.64 Å². The molecule has 2 aromatic rings. The minimum Gasteiger partial charge on any atom is -0.493 e. The lowest BCUT2D eigenvalue weighted by molar-refractivity contribution is 0.222. The molecule has 0 amide bonds. The van der Waals surface area contributed by atoms with E-state index in [2.05, 4.69) is 20.9 Å². The molecule has 0 aromatic carbocycles. The monoisotopic (exact) mass is 322 g/mol. The molecule has 0 saturated carbocycles. The van der Waals surface area contributed by atoms with Gasteiger partial charge in [-0.1, -0.05) is 0 Å². The van der Waals surface area contributed by atoms with Crippen molar-refractivity contribution >= 4 is 5.82 Å². The summed E-state index contributed by atoms with van der Waals surface area (Å²) in [5.41, 5.74) is 2.67. The average Bonchev–Trinajstić information content (AvgIpc) is 2.61. The Bertz CT molecular complexity index is 731. The number of ether oxygens (including phenoxy) is 1. The molecule has 124 valence electrons. The third-order valence-corrected chi connectivity index (χ3v) is 4.49. The summed E-state index contributed by atoms with van der Waals surface area (Å²) in [7, 11) is 0. The first-order chi connectivity index (χ1) is 11.7. The van der Waals surface area contributed by atoms with Crippen LogP contribution in [0.3, 0.4) is 0 Å². The summed E-state index contributed by atoms with van der Waals surface area (Å²) in [6.45, 7) is 6.51. The van der Waals surface area contributed by atoms with E-state index in [4.69, 9.17) is 4.74 Å². The Morgan fingerprint density at radius 3 is 2.62 bits per heavy atom. The second-order valence-corrected chi connectivity index (χ2v) is 6.32. The zero-order chi connectivity index (χ0) is 16.9. The maximum absolute atomic E-state index is 9.44. The molecule has 24 heavy (non-hydrogen) atoms. The Labute approximate surface area is 142 Å². The number of hydrogen-bond acceptors (Lipinski definition) is 5.